The van der Waals surface area contributed by atoms with Crippen molar-refractivity contribution >= 4 is 5.97 Å². The maximum atomic E-state index is 11.3. The summed E-state index contributed by atoms with van der Waals surface area (Å²) in [6.45, 7) is 3.78. The smallest absolute Gasteiger partial charge is 0.313 e. The Hall–Kier alpha value is -1.71. The number of fused-ring (bicyclic) bond motifs is 1. The Bertz CT molecular complexity index is 427. The van der Waals surface area contributed by atoms with Crippen LogP contribution in [0.2, 0.25) is 0 Å². The number of hydrogen-bond donors (Lipinski definition) is 1. The summed E-state index contributed by atoms with van der Waals surface area (Å²) in [5.41, 5.74) is -0.132. The Morgan fingerprint density at radius 3 is 2.75 bits per heavy atom. The topological polar surface area (TPSA) is 55.8 Å². The third kappa shape index (κ3) is 1.50. The summed E-state index contributed by atoms with van der Waals surface area (Å²) >= 11 is 0. The third-order valence-corrected chi connectivity index (χ3v) is 3.19. The van der Waals surface area contributed by atoms with Crippen LogP contribution in [0, 0.1) is 0 Å². The highest BCUT2D eigenvalue weighted by atomic mass is 16.7. The molecule has 16 heavy (non-hydrogen) atoms. The van der Waals surface area contributed by atoms with E-state index < -0.39 is 11.4 Å². The second-order valence-electron chi connectivity index (χ2n) is 4.06. The third-order valence-electron chi connectivity index (χ3n) is 3.19. The second kappa shape index (κ2) is 3.70. The Balaban J connectivity index is 2.44. The summed E-state index contributed by atoms with van der Waals surface area (Å²) in [6.07, 6.45) is 0.530. The molecule has 1 unspecified atom stereocenters. The molecule has 0 fully saturated rings. The first kappa shape index (κ1) is 10.8. The van der Waals surface area contributed by atoms with Crippen molar-refractivity contribution in [3.63, 3.8) is 0 Å². The first-order valence-electron chi connectivity index (χ1n) is 5.21. The molecule has 2 rings (SSSR count). The van der Waals surface area contributed by atoms with Crippen LogP contribution >= 0.6 is 0 Å². The molecule has 1 N–H and O–H groups in total. The van der Waals surface area contributed by atoms with E-state index in [0.717, 1.165) is 5.56 Å². The number of hydrogen-bond acceptors (Lipinski definition) is 3. The molecule has 0 bridgehead atoms. The maximum Gasteiger partial charge on any atom is 0.313 e. The molecule has 4 nitrogen and oxygen atoms in total. The molecule has 1 aromatic rings. The van der Waals surface area contributed by atoms with Gasteiger partial charge < -0.3 is 14.6 Å². The van der Waals surface area contributed by atoms with Crippen LogP contribution in [0.5, 0.6) is 11.5 Å². The number of carbonyl (C=O) groups is 1. The summed E-state index contributed by atoms with van der Waals surface area (Å²) in [4.78, 5) is 11.3. The lowest BCUT2D eigenvalue weighted by Gasteiger charge is -2.23. The number of ether oxygens (including phenoxy) is 2. The zero-order valence-corrected chi connectivity index (χ0v) is 9.32. The van der Waals surface area contributed by atoms with E-state index in [9.17, 15) is 9.90 Å². The number of benzene rings is 1. The minimum atomic E-state index is -0.874. The Labute approximate surface area is 93.8 Å². The van der Waals surface area contributed by atoms with E-state index in [-0.39, 0.29) is 6.79 Å². The molecule has 1 aliphatic heterocycles. The van der Waals surface area contributed by atoms with Crippen molar-refractivity contribution in [2.75, 3.05) is 6.79 Å². The van der Waals surface area contributed by atoms with Crippen molar-refractivity contribution in [3.8, 4) is 11.5 Å². The van der Waals surface area contributed by atoms with Crippen LogP contribution in [0.3, 0.4) is 0 Å². The van der Waals surface area contributed by atoms with Gasteiger partial charge in [-0.2, -0.15) is 0 Å². The molecule has 0 saturated carbocycles. The maximum absolute atomic E-state index is 11.3. The van der Waals surface area contributed by atoms with E-state index in [1.807, 2.05) is 6.92 Å². The first-order valence-corrected chi connectivity index (χ1v) is 5.21. The van der Waals surface area contributed by atoms with Crippen molar-refractivity contribution < 1.29 is 19.4 Å². The molecule has 0 saturated heterocycles. The Morgan fingerprint density at radius 2 is 2.12 bits per heavy atom. The van der Waals surface area contributed by atoms with Crippen molar-refractivity contribution in [2.45, 2.75) is 25.7 Å². The van der Waals surface area contributed by atoms with E-state index in [2.05, 4.69) is 0 Å². The lowest BCUT2D eigenvalue weighted by molar-refractivity contribution is -0.143. The van der Waals surface area contributed by atoms with Gasteiger partial charge >= 0.3 is 5.97 Å². The van der Waals surface area contributed by atoms with Crippen LogP contribution < -0.4 is 9.47 Å². The zero-order valence-electron chi connectivity index (χ0n) is 9.32. The number of aliphatic carboxylic acids is 1. The Morgan fingerprint density at radius 1 is 1.44 bits per heavy atom. The molecule has 1 aromatic carbocycles. The van der Waals surface area contributed by atoms with Crippen LogP contribution in [0.15, 0.2) is 18.2 Å². The fraction of sp³-hybridized carbons (Fsp3) is 0.417. The highest BCUT2D eigenvalue weighted by Crippen LogP contribution is 2.37. The van der Waals surface area contributed by atoms with Crippen LogP contribution in [0.1, 0.15) is 25.8 Å². The van der Waals surface area contributed by atoms with Crippen molar-refractivity contribution in [1.82, 2.24) is 0 Å². The van der Waals surface area contributed by atoms with Gasteiger partial charge in [0.15, 0.2) is 11.5 Å². The Kier molecular flexibility index (Phi) is 2.50. The van der Waals surface area contributed by atoms with E-state index in [1.165, 1.54) is 0 Å². The average Bonchev–Trinajstić information content (AvgIpc) is 2.74. The standard InChI is InChI=1S/C12H14O4/c1-3-12(2,11(13)14)8-4-5-9-10(6-8)16-7-15-9/h4-6H,3,7H2,1-2H3,(H,13,14). The SMILES string of the molecule is CCC(C)(C(=O)O)c1ccc2c(c1)OCO2. The predicted molar refractivity (Wildman–Crippen MR) is 57.8 cm³/mol. The van der Waals surface area contributed by atoms with Gasteiger partial charge in [0.05, 0.1) is 5.41 Å². The first-order chi connectivity index (χ1) is 7.58. The minimum Gasteiger partial charge on any atom is -0.481 e. The predicted octanol–water partition coefficient (Wildman–Crippen LogP) is 2.17. The van der Waals surface area contributed by atoms with E-state index in [1.54, 1.807) is 25.1 Å². The van der Waals surface area contributed by atoms with Gasteiger partial charge in [-0.1, -0.05) is 13.0 Å². The van der Waals surface area contributed by atoms with Gasteiger partial charge in [0, 0.05) is 0 Å². The molecule has 1 aliphatic rings. The average molecular weight is 222 g/mol. The summed E-state index contributed by atoms with van der Waals surface area (Å²) in [6, 6.07) is 5.29. The van der Waals surface area contributed by atoms with Gasteiger partial charge in [0.25, 0.3) is 0 Å². The monoisotopic (exact) mass is 222 g/mol. The molecule has 1 atom stereocenters. The molecule has 4 heteroatoms. The van der Waals surface area contributed by atoms with Gasteiger partial charge in [-0.15, -0.1) is 0 Å². The van der Waals surface area contributed by atoms with E-state index in [0.29, 0.717) is 17.9 Å². The lowest BCUT2D eigenvalue weighted by Crippen LogP contribution is -2.31. The van der Waals surface area contributed by atoms with Crippen molar-refractivity contribution in [3.05, 3.63) is 23.8 Å². The molecule has 1 heterocycles. The largest absolute Gasteiger partial charge is 0.481 e. The van der Waals surface area contributed by atoms with Crippen LogP contribution in [0.25, 0.3) is 0 Å². The fourth-order valence-corrected chi connectivity index (χ4v) is 1.72. The summed E-state index contributed by atoms with van der Waals surface area (Å²) in [5.74, 6) is 0.472. The highest BCUT2D eigenvalue weighted by molar-refractivity contribution is 5.81. The highest BCUT2D eigenvalue weighted by Gasteiger charge is 2.34. The van der Waals surface area contributed by atoms with Crippen LogP contribution in [-0.4, -0.2) is 17.9 Å². The molecule has 86 valence electrons. The quantitative estimate of drug-likeness (QED) is 0.851. The number of rotatable bonds is 3. The van der Waals surface area contributed by atoms with Gasteiger partial charge in [-0.3, -0.25) is 4.79 Å². The normalized spacial score (nSPS) is 16.9. The van der Waals surface area contributed by atoms with Gasteiger partial charge in [0.1, 0.15) is 0 Å². The molecule has 0 aromatic heterocycles. The molecular weight excluding hydrogens is 208 g/mol. The van der Waals surface area contributed by atoms with E-state index >= 15 is 0 Å². The molecule has 0 spiro atoms. The second-order valence-corrected chi connectivity index (χ2v) is 4.06. The lowest BCUT2D eigenvalue weighted by atomic mass is 9.80. The van der Waals surface area contributed by atoms with Crippen LogP contribution in [0.4, 0.5) is 0 Å². The summed E-state index contributed by atoms with van der Waals surface area (Å²) in [5, 5.41) is 9.26. The molecule has 0 amide bonds. The minimum absolute atomic E-state index is 0.203. The number of carboxylic acid groups (broad SMARTS) is 1. The fourth-order valence-electron chi connectivity index (χ4n) is 1.72. The summed E-state index contributed by atoms with van der Waals surface area (Å²) < 4.78 is 10.4. The van der Waals surface area contributed by atoms with Gasteiger partial charge in [0.2, 0.25) is 6.79 Å². The molecule has 0 aliphatic carbocycles. The van der Waals surface area contributed by atoms with Crippen LogP contribution in [-0.2, 0) is 10.2 Å². The van der Waals surface area contributed by atoms with Gasteiger partial charge in [-0.25, -0.2) is 0 Å². The van der Waals surface area contributed by atoms with Gasteiger partial charge in [-0.05, 0) is 31.0 Å². The summed E-state index contributed by atoms with van der Waals surface area (Å²) in [7, 11) is 0. The van der Waals surface area contributed by atoms with Crippen molar-refractivity contribution in [2.24, 2.45) is 0 Å². The van der Waals surface area contributed by atoms with Crippen molar-refractivity contribution in [1.29, 1.82) is 0 Å². The molecular formula is C12H14O4. The number of carboxylic acids is 1. The van der Waals surface area contributed by atoms with E-state index in [4.69, 9.17) is 9.47 Å². The molecule has 0 radical (unpaired) electrons. The zero-order chi connectivity index (χ0) is 11.8.